The molecule has 0 bridgehead atoms. The van der Waals surface area contributed by atoms with E-state index >= 15 is 0 Å². The van der Waals surface area contributed by atoms with Crippen molar-refractivity contribution in [2.24, 2.45) is 0 Å². The Balaban J connectivity index is 2.10. The van der Waals surface area contributed by atoms with Crippen LogP contribution in [0.4, 0.5) is 0 Å². The Morgan fingerprint density at radius 1 is 1.50 bits per heavy atom. The molecular weight excluding hydrogens is 226 g/mol. The molecule has 0 aliphatic carbocycles. The highest BCUT2D eigenvalue weighted by Crippen LogP contribution is 2.24. The van der Waals surface area contributed by atoms with Crippen LogP contribution in [0.2, 0.25) is 0 Å². The Hall–Kier alpha value is -1.42. The third kappa shape index (κ3) is 2.70. The van der Waals surface area contributed by atoms with Crippen LogP contribution in [0.3, 0.4) is 0 Å². The lowest BCUT2D eigenvalue weighted by Crippen LogP contribution is -2.51. The van der Waals surface area contributed by atoms with Gasteiger partial charge in [0.1, 0.15) is 0 Å². The van der Waals surface area contributed by atoms with Crippen molar-refractivity contribution in [3.05, 3.63) is 30.1 Å². The van der Waals surface area contributed by atoms with Gasteiger partial charge in [0.2, 0.25) is 5.91 Å². The van der Waals surface area contributed by atoms with Crippen LogP contribution < -0.4 is 5.32 Å². The molecule has 0 saturated carbocycles. The molecule has 1 aromatic heterocycles. The van der Waals surface area contributed by atoms with E-state index in [1.165, 1.54) is 0 Å². The minimum Gasteiger partial charge on any atom is -0.335 e. The van der Waals surface area contributed by atoms with Crippen LogP contribution in [-0.2, 0) is 4.79 Å². The van der Waals surface area contributed by atoms with Gasteiger partial charge < -0.3 is 10.2 Å². The summed E-state index contributed by atoms with van der Waals surface area (Å²) in [6, 6.07) is 4.08. The predicted octanol–water partition coefficient (Wildman–Crippen LogP) is 1.74. The zero-order chi connectivity index (χ0) is 13.0. The second-order valence-corrected chi connectivity index (χ2v) is 4.74. The van der Waals surface area contributed by atoms with E-state index in [0.29, 0.717) is 0 Å². The minimum atomic E-state index is -0.00645. The Morgan fingerprint density at radius 3 is 2.89 bits per heavy atom. The molecule has 1 fully saturated rings. The number of piperidine rings is 1. The van der Waals surface area contributed by atoms with Gasteiger partial charge in [0.05, 0.1) is 12.1 Å². The number of carbonyl (C=O) groups excluding carboxylic acids is 1. The van der Waals surface area contributed by atoms with Crippen molar-refractivity contribution in [3.63, 3.8) is 0 Å². The lowest BCUT2D eigenvalue weighted by atomic mass is 10.00. The van der Waals surface area contributed by atoms with E-state index in [4.69, 9.17) is 0 Å². The van der Waals surface area contributed by atoms with Crippen molar-refractivity contribution in [1.82, 2.24) is 15.2 Å². The first-order chi connectivity index (χ1) is 8.74. The standard InChI is InChI=1S/C14H21N3O/c1-3-16-13-5-4-10-17(14(13)18)11(2)12-6-8-15-9-7-12/h6-9,11,13,16H,3-5,10H2,1-2H3. The van der Waals surface area contributed by atoms with Gasteiger partial charge in [-0.05, 0) is 44.0 Å². The van der Waals surface area contributed by atoms with Crippen molar-refractivity contribution in [2.75, 3.05) is 13.1 Å². The fourth-order valence-electron chi connectivity index (χ4n) is 2.54. The van der Waals surface area contributed by atoms with Crippen LogP contribution in [0.1, 0.15) is 38.3 Å². The summed E-state index contributed by atoms with van der Waals surface area (Å²) >= 11 is 0. The molecule has 2 atom stereocenters. The summed E-state index contributed by atoms with van der Waals surface area (Å²) in [4.78, 5) is 18.4. The van der Waals surface area contributed by atoms with Gasteiger partial charge in [-0.25, -0.2) is 0 Å². The monoisotopic (exact) mass is 247 g/mol. The summed E-state index contributed by atoms with van der Waals surface area (Å²) in [5, 5.41) is 3.27. The van der Waals surface area contributed by atoms with Crippen LogP contribution >= 0.6 is 0 Å². The number of aromatic nitrogens is 1. The lowest BCUT2D eigenvalue weighted by Gasteiger charge is -2.37. The average Bonchev–Trinajstić information content (AvgIpc) is 2.42. The van der Waals surface area contributed by atoms with E-state index < -0.39 is 0 Å². The molecule has 1 aliphatic rings. The number of amides is 1. The smallest absolute Gasteiger partial charge is 0.240 e. The second kappa shape index (κ2) is 5.96. The summed E-state index contributed by atoms with van der Waals surface area (Å²) in [7, 11) is 0. The van der Waals surface area contributed by atoms with Crippen LogP contribution in [0.5, 0.6) is 0 Å². The first kappa shape index (κ1) is 13.0. The first-order valence-corrected chi connectivity index (χ1v) is 6.67. The van der Waals surface area contributed by atoms with Crippen molar-refractivity contribution in [1.29, 1.82) is 0 Å². The Kier molecular flexibility index (Phi) is 4.31. The van der Waals surface area contributed by atoms with Crippen molar-refractivity contribution in [3.8, 4) is 0 Å². The predicted molar refractivity (Wildman–Crippen MR) is 71.1 cm³/mol. The molecule has 1 aliphatic heterocycles. The summed E-state index contributed by atoms with van der Waals surface area (Å²) in [5.74, 6) is 0.229. The number of likely N-dealkylation sites (tertiary alicyclic amines) is 1. The zero-order valence-corrected chi connectivity index (χ0v) is 11.1. The highest BCUT2D eigenvalue weighted by Gasteiger charge is 2.31. The molecule has 1 amide bonds. The molecule has 1 aromatic rings. The fourth-order valence-corrected chi connectivity index (χ4v) is 2.54. The Bertz CT molecular complexity index is 391. The normalized spacial score (nSPS) is 22.0. The number of carbonyl (C=O) groups is 1. The van der Waals surface area contributed by atoms with Crippen molar-refractivity contribution in [2.45, 2.75) is 38.8 Å². The van der Waals surface area contributed by atoms with Crippen molar-refractivity contribution >= 4 is 5.91 Å². The van der Waals surface area contributed by atoms with E-state index in [0.717, 1.165) is 31.5 Å². The van der Waals surface area contributed by atoms with Crippen LogP contribution in [-0.4, -0.2) is 34.9 Å². The molecule has 1 saturated heterocycles. The number of rotatable bonds is 4. The maximum atomic E-state index is 12.4. The highest BCUT2D eigenvalue weighted by atomic mass is 16.2. The Labute approximate surface area is 108 Å². The zero-order valence-electron chi connectivity index (χ0n) is 11.1. The van der Waals surface area contributed by atoms with Crippen LogP contribution in [0.25, 0.3) is 0 Å². The minimum absolute atomic E-state index is 0.00645. The maximum Gasteiger partial charge on any atom is 0.240 e. The van der Waals surface area contributed by atoms with E-state index in [2.05, 4.69) is 17.2 Å². The van der Waals surface area contributed by atoms with Gasteiger partial charge >= 0.3 is 0 Å². The highest BCUT2D eigenvalue weighted by molar-refractivity contribution is 5.83. The molecule has 4 nitrogen and oxygen atoms in total. The van der Waals surface area contributed by atoms with E-state index in [1.54, 1.807) is 12.4 Å². The summed E-state index contributed by atoms with van der Waals surface area (Å²) in [6.07, 6.45) is 5.58. The largest absolute Gasteiger partial charge is 0.335 e. The molecule has 1 N–H and O–H groups in total. The number of pyridine rings is 1. The Morgan fingerprint density at radius 2 is 2.22 bits per heavy atom. The first-order valence-electron chi connectivity index (χ1n) is 6.67. The van der Waals surface area contributed by atoms with Gasteiger partial charge in [-0.3, -0.25) is 9.78 Å². The number of hydrogen-bond donors (Lipinski definition) is 1. The van der Waals surface area contributed by atoms with Gasteiger partial charge in [0.25, 0.3) is 0 Å². The molecule has 2 heterocycles. The molecule has 0 aromatic carbocycles. The molecule has 4 heteroatoms. The van der Waals surface area contributed by atoms with E-state index in [9.17, 15) is 4.79 Å². The third-order valence-corrected chi connectivity index (χ3v) is 3.58. The molecule has 0 spiro atoms. The summed E-state index contributed by atoms with van der Waals surface area (Å²) < 4.78 is 0. The topological polar surface area (TPSA) is 45.2 Å². The lowest BCUT2D eigenvalue weighted by molar-refractivity contribution is -0.138. The fraction of sp³-hybridized carbons (Fsp3) is 0.571. The molecule has 0 radical (unpaired) electrons. The number of hydrogen-bond acceptors (Lipinski definition) is 3. The van der Waals surface area contributed by atoms with E-state index in [-0.39, 0.29) is 18.0 Å². The molecular formula is C14H21N3O. The van der Waals surface area contributed by atoms with E-state index in [1.807, 2.05) is 24.0 Å². The average molecular weight is 247 g/mol. The SMILES string of the molecule is CCNC1CCCN(C(C)c2ccncc2)C1=O. The van der Waals surface area contributed by atoms with Gasteiger partial charge in [0.15, 0.2) is 0 Å². The quantitative estimate of drug-likeness (QED) is 0.881. The van der Waals surface area contributed by atoms with Gasteiger partial charge in [-0.15, -0.1) is 0 Å². The van der Waals surface area contributed by atoms with Gasteiger partial charge in [-0.2, -0.15) is 0 Å². The van der Waals surface area contributed by atoms with Gasteiger partial charge in [0, 0.05) is 18.9 Å². The number of likely N-dealkylation sites (N-methyl/N-ethyl adjacent to an activating group) is 1. The van der Waals surface area contributed by atoms with Gasteiger partial charge in [-0.1, -0.05) is 6.92 Å². The summed E-state index contributed by atoms with van der Waals surface area (Å²) in [5.41, 5.74) is 1.15. The van der Waals surface area contributed by atoms with Crippen molar-refractivity contribution < 1.29 is 4.79 Å². The summed E-state index contributed by atoms with van der Waals surface area (Å²) in [6.45, 7) is 5.82. The molecule has 2 unspecified atom stereocenters. The molecule has 18 heavy (non-hydrogen) atoms. The molecule has 98 valence electrons. The maximum absolute atomic E-state index is 12.4. The van der Waals surface area contributed by atoms with Crippen LogP contribution in [0, 0.1) is 0 Å². The second-order valence-electron chi connectivity index (χ2n) is 4.74. The number of nitrogens with one attached hydrogen (secondary N) is 1. The molecule has 2 rings (SSSR count). The third-order valence-electron chi connectivity index (χ3n) is 3.58. The number of nitrogens with zero attached hydrogens (tertiary/aromatic N) is 2. The van der Waals surface area contributed by atoms with Crippen LogP contribution in [0.15, 0.2) is 24.5 Å².